The molecule has 1 aromatic rings. The average molecular weight is 348 g/mol. The Kier molecular flexibility index (Phi) is 6.01. The fourth-order valence-corrected chi connectivity index (χ4v) is 3.15. The SMILES string of the molecule is COC(=O)c1cc(NC(=O)NC2CCC(C(=O)O)CC2)c(C)cc1C. The van der Waals surface area contributed by atoms with Crippen molar-refractivity contribution in [2.45, 2.75) is 45.6 Å². The third-order valence-electron chi connectivity index (χ3n) is 4.64. The number of carboxylic acids is 1. The van der Waals surface area contributed by atoms with Crippen molar-refractivity contribution in [1.29, 1.82) is 0 Å². The van der Waals surface area contributed by atoms with Gasteiger partial charge in [0.2, 0.25) is 0 Å². The van der Waals surface area contributed by atoms with Crippen LogP contribution in [-0.4, -0.2) is 36.2 Å². The molecule has 2 rings (SSSR count). The Labute approximate surface area is 146 Å². The molecule has 7 heteroatoms. The number of ether oxygens (including phenoxy) is 1. The van der Waals surface area contributed by atoms with Crippen LogP contribution in [0.4, 0.5) is 10.5 Å². The number of carboxylic acid groups (broad SMARTS) is 1. The van der Waals surface area contributed by atoms with Gasteiger partial charge in [0.1, 0.15) is 0 Å². The van der Waals surface area contributed by atoms with Crippen LogP contribution in [0, 0.1) is 19.8 Å². The molecule has 0 heterocycles. The van der Waals surface area contributed by atoms with E-state index in [1.165, 1.54) is 7.11 Å². The maximum absolute atomic E-state index is 12.2. The van der Waals surface area contributed by atoms with E-state index >= 15 is 0 Å². The minimum absolute atomic E-state index is 0.0403. The van der Waals surface area contributed by atoms with Gasteiger partial charge in [-0.2, -0.15) is 0 Å². The van der Waals surface area contributed by atoms with Crippen LogP contribution in [0.1, 0.15) is 47.2 Å². The highest BCUT2D eigenvalue weighted by Gasteiger charge is 2.26. The zero-order valence-corrected chi connectivity index (χ0v) is 14.7. The Bertz CT molecular complexity index is 678. The molecule has 7 nitrogen and oxygen atoms in total. The van der Waals surface area contributed by atoms with E-state index in [2.05, 4.69) is 10.6 Å². The molecule has 0 saturated heterocycles. The minimum Gasteiger partial charge on any atom is -0.481 e. The van der Waals surface area contributed by atoms with Crippen molar-refractivity contribution in [1.82, 2.24) is 5.32 Å². The highest BCUT2D eigenvalue weighted by Crippen LogP contribution is 2.25. The van der Waals surface area contributed by atoms with E-state index in [4.69, 9.17) is 9.84 Å². The van der Waals surface area contributed by atoms with E-state index in [0.29, 0.717) is 36.9 Å². The summed E-state index contributed by atoms with van der Waals surface area (Å²) in [5.41, 5.74) is 2.57. The number of amides is 2. The van der Waals surface area contributed by atoms with Crippen molar-refractivity contribution in [3.63, 3.8) is 0 Å². The van der Waals surface area contributed by atoms with Crippen LogP contribution >= 0.6 is 0 Å². The second-order valence-corrected chi connectivity index (χ2v) is 6.46. The van der Waals surface area contributed by atoms with Crippen LogP contribution in [0.2, 0.25) is 0 Å². The highest BCUT2D eigenvalue weighted by molar-refractivity contribution is 5.95. The van der Waals surface area contributed by atoms with Crippen LogP contribution in [0.25, 0.3) is 0 Å². The number of rotatable bonds is 4. The van der Waals surface area contributed by atoms with Crippen molar-refractivity contribution >= 4 is 23.7 Å². The van der Waals surface area contributed by atoms with Gasteiger partial charge < -0.3 is 20.5 Å². The average Bonchev–Trinajstić information content (AvgIpc) is 2.57. The molecule has 0 unspecified atom stereocenters. The Morgan fingerprint density at radius 1 is 1.08 bits per heavy atom. The fourth-order valence-electron chi connectivity index (χ4n) is 3.15. The molecule has 1 fully saturated rings. The van der Waals surface area contributed by atoms with Crippen molar-refractivity contribution < 1.29 is 24.2 Å². The van der Waals surface area contributed by atoms with E-state index in [1.54, 1.807) is 6.07 Å². The summed E-state index contributed by atoms with van der Waals surface area (Å²) in [5.74, 6) is -1.54. The van der Waals surface area contributed by atoms with Crippen LogP contribution in [0.3, 0.4) is 0 Å². The molecule has 0 radical (unpaired) electrons. The van der Waals surface area contributed by atoms with E-state index in [1.807, 2.05) is 19.9 Å². The number of nitrogens with one attached hydrogen (secondary N) is 2. The Balaban J connectivity index is 1.99. The molecule has 0 aromatic heterocycles. The van der Waals surface area contributed by atoms with Gasteiger partial charge >= 0.3 is 18.0 Å². The summed E-state index contributed by atoms with van der Waals surface area (Å²) in [6, 6.07) is 3.03. The first-order valence-corrected chi connectivity index (χ1v) is 8.31. The lowest BCUT2D eigenvalue weighted by molar-refractivity contribution is -0.142. The zero-order valence-electron chi connectivity index (χ0n) is 14.7. The van der Waals surface area contributed by atoms with E-state index in [-0.39, 0.29) is 18.0 Å². The summed E-state index contributed by atoms with van der Waals surface area (Å²) in [5, 5.41) is 14.6. The predicted octanol–water partition coefficient (Wildman–Crippen LogP) is 2.85. The molecule has 0 aliphatic heterocycles. The van der Waals surface area contributed by atoms with Crippen LogP contribution < -0.4 is 10.6 Å². The first-order valence-electron chi connectivity index (χ1n) is 8.31. The van der Waals surface area contributed by atoms with Crippen molar-refractivity contribution in [3.8, 4) is 0 Å². The molecule has 1 aromatic carbocycles. The minimum atomic E-state index is -0.770. The monoisotopic (exact) mass is 348 g/mol. The van der Waals surface area contributed by atoms with Gasteiger partial charge in [-0.15, -0.1) is 0 Å². The largest absolute Gasteiger partial charge is 0.481 e. The fraction of sp³-hybridized carbons (Fsp3) is 0.500. The highest BCUT2D eigenvalue weighted by atomic mass is 16.5. The van der Waals surface area contributed by atoms with Gasteiger partial charge in [-0.3, -0.25) is 4.79 Å². The second-order valence-electron chi connectivity index (χ2n) is 6.46. The molecule has 25 heavy (non-hydrogen) atoms. The number of esters is 1. The standard InChI is InChI=1S/C18H24N2O5/c1-10-8-11(2)15(9-14(10)17(23)25-3)20-18(24)19-13-6-4-12(5-7-13)16(21)22/h8-9,12-13H,4-7H2,1-3H3,(H,21,22)(H2,19,20,24). The lowest BCUT2D eigenvalue weighted by Gasteiger charge is -2.27. The van der Waals surface area contributed by atoms with Crippen molar-refractivity contribution in [3.05, 3.63) is 28.8 Å². The normalized spacial score (nSPS) is 19.8. The summed E-state index contributed by atoms with van der Waals surface area (Å²) in [4.78, 5) is 35.0. The molecule has 136 valence electrons. The number of hydrogen-bond donors (Lipinski definition) is 3. The second kappa shape index (κ2) is 8.00. The summed E-state index contributed by atoms with van der Waals surface area (Å²) < 4.78 is 4.75. The number of aliphatic carboxylic acids is 1. The molecular weight excluding hydrogens is 324 g/mol. The molecule has 2 amide bonds. The number of carbonyl (C=O) groups excluding carboxylic acids is 2. The molecule has 0 bridgehead atoms. The maximum atomic E-state index is 12.2. The van der Waals surface area contributed by atoms with Gasteiger partial charge in [-0.25, -0.2) is 9.59 Å². The van der Waals surface area contributed by atoms with Crippen molar-refractivity contribution in [2.75, 3.05) is 12.4 Å². The summed E-state index contributed by atoms with van der Waals surface area (Å²) >= 11 is 0. The van der Waals surface area contributed by atoms with Crippen molar-refractivity contribution in [2.24, 2.45) is 5.92 Å². The van der Waals surface area contributed by atoms with E-state index < -0.39 is 11.9 Å². The zero-order chi connectivity index (χ0) is 18.6. The molecule has 1 saturated carbocycles. The number of benzene rings is 1. The third kappa shape index (κ3) is 4.71. The number of carbonyl (C=O) groups is 3. The number of methoxy groups -OCH3 is 1. The smallest absolute Gasteiger partial charge is 0.338 e. The maximum Gasteiger partial charge on any atom is 0.338 e. The van der Waals surface area contributed by atoms with Gasteiger partial charge in [-0.1, -0.05) is 6.07 Å². The molecule has 0 spiro atoms. The van der Waals surface area contributed by atoms with E-state index in [9.17, 15) is 14.4 Å². The Morgan fingerprint density at radius 3 is 2.28 bits per heavy atom. The Hall–Kier alpha value is -2.57. The number of urea groups is 1. The molecule has 1 aliphatic carbocycles. The lowest BCUT2D eigenvalue weighted by Crippen LogP contribution is -2.41. The summed E-state index contributed by atoms with van der Waals surface area (Å²) in [6.07, 6.45) is 2.42. The lowest BCUT2D eigenvalue weighted by atomic mass is 9.86. The summed E-state index contributed by atoms with van der Waals surface area (Å²) in [6.45, 7) is 3.66. The van der Waals surface area contributed by atoms with E-state index in [0.717, 1.165) is 11.1 Å². The van der Waals surface area contributed by atoms with Gasteiger partial charge in [0.15, 0.2) is 0 Å². The van der Waals surface area contributed by atoms with Gasteiger partial charge in [0.05, 0.1) is 18.6 Å². The van der Waals surface area contributed by atoms with Gasteiger partial charge in [0.25, 0.3) is 0 Å². The van der Waals surface area contributed by atoms with Crippen LogP contribution in [-0.2, 0) is 9.53 Å². The topological polar surface area (TPSA) is 105 Å². The Morgan fingerprint density at radius 2 is 1.72 bits per heavy atom. The third-order valence-corrected chi connectivity index (χ3v) is 4.64. The van der Waals surface area contributed by atoms with Crippen LogP contribution in [0.15, 0.2) is 12.1 Å². The number of anilines is 1. The number of hydrogen-bond acceptors (Lipinski definition) is 4. The van der Waals surface area contributed by atoms with Gasteiger partial charge in [0, 0.05) is 11.7 Å². The first kappa shape index (κ1) is 18.8. The molecule has 0 atom stereocenters. The summed E-state index contributed by atoms with van der Waals surface area (Å²) in [7, 11) is 1.31. The first-order chi connectivity index (χ1) is 11.8. The number of aryl methyl sites for hydroxylation is 2. The van der Waals surface area contributed by atoms with Crippen LogP contribution in [0.5, 0.6) is 0 Å². The predicted molar refractivity (Wildman–Crippen MR) is 92.8 cm³/mol. The molecule has 1 aliphatic rings. The quantitative estimate of drug-likeness (QED) is 0.726. The molecular formula is C18H24N2O5. The molecule has 3 N–H and O–H groups in total. The van der Waals surface area contributed by atoms with Gasteiger partial charge in [-0.05, 0) is 56.7 Å².